The van der Waals surface area contributed by atoms with Crippen LogP contribution < -0.4 is 5.32 Å². The molecule has 7 nitrogen and oxygen atoms in total. The Kier molecular flexibility index (Phi) is 4.91. The Balaban J connectivity index is 2.03. The van der Waals surface area contributed by atoms with Crippen molar-refractivity contribution in [3.05, 3.63) is 33.8 Å². The standard InChI is InChI=1S/C14H13Cl2N3O4/c1-7(9-4-3-8(15)5-10(9)16)17-11(20)6-19-13(22)12(21)18(2)14(19)23/h3-5,7H,6H2,1-2H3,(H,17,20)/t7-/m0/s1. The summed E-state index contributed by atoms with van der Waals surface area (Å²) in [6.07, 6.45) is 0. The summed E-state index contributed by atoms with van der Waals surface area (Å²) in [5, 5.41) is 3.46. The van der Waals surface area contributed by atoms with Gasteiger partial charge in [0.15, 0.2) is 0 Å². The van der Waals surface area contributed by atoms with E-state index in [-0.39, 0.29) is 0 Å². The third-order valence-electron chi connectivity index (χ3n) is 3.36. The molecule has 0 radical (unpaired) electrons. The molecule has 5 amide bonds. The zero-order chi connectivity index (χ0) is 17.3. The van der Waals surface area contributed by atoms with E-state index >= 15 is 0 Å². The van der Waals surface area contributed by atoms with Gasteiger partial charge in [0, 0.05) is 17.1 Å². The average molecular weight is 358 g/mol. The number of hydrogen-bond donors (Lipinski definition) is 1. The van der Waals surface area contributed by atoms with E-state index in [1.54, 1.807) is 25.1 Å². The SMILES string of the molecule is C[C@H](NC(=O)CN1C(=O)C(=O)N(C)C1=O)c1ccc(Cl)cc1Cl. The van der Waals surface area contributed by atoms with E-state index in [1.807, 2.05) is 0 Å². The fourth-order valence-corrected chi connectivity index (χ4v) is 2.69. The summed E-state index contributed by atoms with van der Waals surface area (Å²) in [6, 6.07) is 3.55. The lowest BCUT2D eigenvalue weighted by Crippen LogP contribution is -2.41. The van der Waals surface area contributed by atoms with Crippen LogP contribution in [-0.2, 0) is 14.4 Å². The molecule has 1 N–H and O–H groups in total. The highest BCUT2D eigenvalue weighted by Crippen LogP contribution is 2.26. The van der Waals surface area contributed by atoms with Gasteiger partial charge < -0.3 is 5.32 Å². The molecule has 1 aromatic carbocycles. The lowest BCUT2D eigenvalue weighted by Gasteiger charge is -2.18. The molecule has 0 aliphatic carbocycles. The Labute approximate surface area is 142 Å². The highest BCUT2D eigenvalue weighted by molar-refractivity contribution is 6.44. The molecular weight excluding hydrogens is 345 g/mol. The predicted molar refractivity (Wildman–Crippen MR) is 82.9 cm³/mol. The summed E-state index contributed by atoms with van der Waals surface area (Å²) in [4.78, 5) is 48.0. The number of carbonyl (C=O) groups excluding carboxylic acids is 4. The van der Waals surface area contributed by atoms with Gasteiger partial charge in [-0.05, 0) is 24.6 Å². The molecule has 0 bridgehead atoms. The van der Waals surface area contributed by atoms with Crippen LogP contribution in [0.25, 0.3) is 0 Å². The van der Waals surface area contributed by atoms with E-state index in [4.69, 9.17) is 23.2 Å². The van der Waals surface area contributed by atoms with Gasteiger partial charge in [-0.1, -0.05) is 29.3 Å². The molecule has 2 rings (SSSR count). The maximum Gasteiger partial charge on any atom is 0.334 e. The average Bonchev–Trinajstić information content (AvgIpc) is 2.65. The number of nitrogens with one attached hydrogen (secondary N) is 1. The molecule has 1 aliphatic rings. The first-order valence-corrected chi connectivity index (χ1v) is 7.35. The summed E-state index contributed by atoms with van der Waals surface area (Å²) < 4.78 is 0. The molecule has 0 aromatic heterocycles. The van der Waals surface area contributed by atoms with Gasteiger partial charge in [0.2, 0.25) is 5.91 Å². The molecule has 1 aromatic rings. The van der Waals surface area contributed by atoms with Crippen molar-refractivity contribution in [1.29, 1.82) is 0 Å². The number of hydrogen-bond acceptors (Lipinski definition) is 4. The van der Waals surface area contributed by atoms with Crippen molar-refractivity contribution in [3.63, 3.8) is 0 Å². The van der Waals surface area contributed by atoms with E-state index in [2.05, 4.69) is 5.32 Å². The Bertz CT molecular complexity index is 707. The predicted octanol–water partition coefficient (Wildman–Crippen LogP) is 1.59. The van der Waals surface area contributed by atoms with E-state index in [1.165, 1.54) is 7.05 Å². The third-order valence-corrected chi connectivity index (χ3v) is 3.92. The summed E-state index contributed by atoms with van der Waals surface area (Å²) in [5.41, 5.74) is 0.636. The zero-order valence-electron chi connectivity index (χ0n) is 12.3. The minimum Gasteiger partial charge on any atom is -0.348 e. The summed E-state index contributed by atoms with van der Waals surface area (Å²) in [7, 11) is 1.18. The van der Waals surface area contributed by atoms with Gasteiger partial charge in [-0.25, -0.2) is 9.69 Å². The Morgan fingerprint density at radius 1 is 1.22 bits per heavy atom. The molecule has 1 aliphatic heterocycles. The van der Waals surface area contributed by atoms with Gasteiger partial charge in [-0.3, -0.25) is 19.3 Å². The molecule has 0 saturated carbocycles. The quantitative estimate of drug-likeness (QED) is 0.654. The van der Waals surface area contributed by atoms with Crippen molar-refractivity contribution in [2.75, 3.05) is 13.6 Å². The van der Waals surface area contributed by atoms with Crippen LogP contribution in [-0.4, -0.2) is 47.1 Å². The Morgan fingerprint density at radius 3 is 2.39 bits per heavy atom. The van der Waals surface area contributed by atoms with Gasteiger partial charge in [0.1, 0.15) is 6.54 Å². The number of halogens is 2. The number of urea groups is 1. The maximum absolute atomic E-state index is 12.0. The monoisotopic (exact) mass is 357 g/mol. The highest BCUT2D eigenvalue weighted by Gasteiger charge is 2.43. The minimum atomic E-state index is -1.02. The summed E-state index contributed by atoms with van der Waals surface area (Å²) in [6.45, 7) is 1.15. The van der Waals surface area contributed by atoms with Crippen molar-refractivity contribution in [2.45, 2.75) is 13.0 Å². The Morgan fingerprint density at radius 2 is 1.87 bits per heavy atom. The van der Waals surface area contributed by atoms with Crippen LogP contribution in [0, 0.1) is 0 Å². The molecule has 1 fully saturated rings. The van der Waals surface area contributed by atoms with Crippen molar-refractivity contribution < 1.29 is 19.2 Å². The number of nitrogens with zero attached hydrogens (tertiary/aromatic N) is 2. The fourth-order valence-electron chi connectivity index (χ4n) is 2.11. The molecule has 9 heteroatoms. The first kappa shape index (κ1) is 17.2. The van der Waals surface area contributed by atoms with Crippen LogP contribution in [0.2, 0.25) is 10.0 Å². The van der Waals surface area contributed by atoms with Crippen LogP contribution in [0.15, 0.2) is 18.2 Å². The second kappa shape index (κ2) is 6.55. The van der Waals surface area contributed by atoms with Gasteiger partial charge in [-0.2, -0.15) is 0 Å². The lowest BCUT2D eigenvalue weighted by molar-refractivity contribution is -0.143. The largest absolute Gasteiger partial charge is 0.348 e. The normalized spacial score (nSPS) is 16.1. The van der Waals surface area contributed by atoms with E-state index in [0.29, 0.717) is 25.4 Å². The van der Waals surface area contributed by atoms with Crippen molar-refractivity contribution in [1.82, 2.24) is 15.1 Å². The molecule has 23 heavy (non-hydrogen) atoms. The fraction of sp³-hybridized carbons (Fsp3) is 0.286. The van der Waals surface area contributed by atoms with Gasteiger partial charge in [0.25, 0.3) is 0 Å². The molecule has 1 heterocycles. The molecule has 0 unspecified atom stereocenters. The maximum atomic E-state index is 12.0. The summed E-state index contributed by atoms with van der Waals surface area (Å²) >= 11 is 11.9. The minimum absolute atomic E-state index is 0.383. The molecule has 1 saturated heterocycles. The van der Waals surface area contributed by atoms with Gasteiger partial charge >= 0.3 is 17.8 Å². The number of likely N-dealkylation sites (N-methyl/N-ethyl adjacent to an activating group) is 1. The van der Waals surface area contributed by atoms with Crippen molar-refractivity contribution >= 4 is 47.0 Å². The van der Waals surface area contributed by atoms with Crippen molar-refractivity contribution in [2.24, 2.45) is 0 Å². The van der Waals surface area contributed by atoms with Crippen LogP contribution in [0.1, 0.15) is 18.5 Å². The number of carbonyl (C=O) groups is 4. The second-order valence-electron chi connectivity index (χ2n) is 4.99. The molecular formula is C14H13Cl2N3O4. The van der Waals surface area contributed by atoms with Gasteiger partial charge in [0.05, 0.1) is 6.04 Å². The first-order valence-electron chi connectivity index (χ1n) is 6.60. The molecule has 122 valence electrons. The van der Waals surface area contributed by atoms with Gasteiger partial charge in [-0.15, -0.1) is 0 Å². The van der Waals surface area contributed by atoms with Crippen LogP contribution in [0.3, 0.4) is 0 Å². The molecule has 1 atom stereocenters. The van der Waals surface area contributed by atoms with E-state index < -0.39 is 36.3 Å². The smallest absolute Gasteiger partial charge is 0.334 e. The topological polar surface area (TPSA) is 86.8 Å². The lowest BCUT2D eigenvalue weighted by atomic mass is 10.1. The zero-order valence-corrected chi connectivity index (χ0v) is 13.8. The van der Waals surface area contributed by atoms with E-state index in [0.717, 1.165) is 0 Å². The third kappa shape index (κ3) is 3.46. The number of benzene rings is 1. The van der Waals surface area contributed by atoms with Crippen LogP contribution in [0.4, 0.5) is 4.79 Å². The number of imide groups is 2. The Hall–Kier alpha value is -2.12. The molecule has 0 spiro atoms. The van der Waals surface area contributed by atoms with Crippen molar-refractivity contribution in [3.8, 4) is 0 Å². The highest BCUT2D eigenvalue weighted by atomic mass is 35.5. The van der Waals surface area contributed by atoms with E-state index in [9.17, 15) is 19.2 Å². The number of amides is 5. The van der Waals surface area contributed by atoms with Crippen LogP contribution >= 0.6 is 23.2 Å². The number of rotatable bonds is 4. The van der Waals surface area contributed by atoms with Crippen LogP contribution in [0.5, 0.6) is 0 Å². The second-order valence-corrected chi connectivity index (χ2v) is 5.84. The summed E-state index contributed by atoms with van der Waals surface area (Å²) in [5.74, 6) is -2.57. The first-order chi connectivity index (χ1) is 10.7.